The van der Waals surface area contributed by atoms with Crippen molar-refractivity contribution in [3.05, 3.63) is 52.3 Å². The SMILES string of the molecule is COc1ccc(-c2ccc(/C=C\C(=O)O)o2)cc1[N+](=O)[O-]. The molecule has 1 aromatic carbocycles. The highest BCUT2D eigenvalue weighted by Gasteiger charge is 2.17. The number of ether oxygens (including phenoxy) is 1. The molecule has 0 aliphatic carbocycles. The smallest absolute Gasteiger partial charge is 0.328 e. The number of carboxylic acids is 1. The maximum Gasteiger partial charge on any atom is 0.328 e. The quantitative estimate of drug-likeness (QED) is 0.515. The predicted octanol–water partition coefficient (Wildman–Crippen LogP) is 2.96. The van der Waals surface area contributed by atoms with Crippen LogP contribution in [0.15, 0.2) is 40.8 Å². The van der Waals surface area contributed by atoms with E-state index in [1.165, 1.54) is 25.3 Å². The minimum Gasteiger partial charge on any atom is -0.490 e. The number of nitro benzene ring substituents is 1. The van der Waals surface area contributed by atoms with Gasteiger partial charge in [-0.25, -0.2) is 4.79 Å². The zero-order valence-electron chi connectivity index (χ0n) is 11.0. The number of hydrogen-bond donors (Lipinski definition) is 1. The van der Waals surface area contributed by atoms with Crippen LogP contribution in [-0.4, -0.2) is 23.1 Å². The van der Waals surface area contributed by atoms with Gasteiger partial charge in [-0.1, -0.05) is 0 Å². The molecular weight excluding hydrogens is 278 g/mol. The van der Waals surface area contributed by atoms with Crippen molar-refractivity contribution in [2.75, 3.05) is 7.11 Å². The van der Waals surface area contributed by atoms with Crippen LogP contribution in [-0.2, 0) is 4.79 Å². The molecule has 21 heavy (non-hydrogen) atoms. The predicted molar refractivity (Wildman–Crippen MR) is 74.0 cm³/mol. The van der Waals surface area contributed by atoms with Gasteiger partial charge in [0.05, 0.1) is 12.0 Å². The summed E-state index contributed by atoms with van der Waals surface area (Å²) >= 11 is 0. The van der Waals surface area contributed by atoms with E-state index >= 15 is 0 Å². The first-order chi connectivity index (χ1) is 10.0. The number of hydrogen-bond acceptors (Lipinski definition) is 5. The van der Waals surface area contributed by atoms with Crippen molar-refractivity contribution in [1.82, 2.24) is 0 Å². The zero-order valence-corrected chi connectivity index (χ0v) is 11.0. The number of carbonyl (C=O) groups is 1. The van der Waals surface area contributed by atoms with Crippen molar-refractivity contribution >= 4 is 17.7 Å². The van der Waals surface area contributed by atoms with Crippen LogP contribution in [0.2, 0.25) is 0 Å². The van der Waals surface area contributed by atoms with E-state index < -0.39 is 10.9 Å². The molecule has 7 nitrogen and oxygen atoms in total. The lowest BCUT2D eigenvalue weighted by Crippen LogP contribution is -1.93. The Labute approximate surface area is 119 Å². The van der Waals surface area contributed by atoms with Gasteiger partial charge in [0.15, 0.2) is 5.75 Å². The van der Waals surface area contributed by atoms with E-state index in [9.17, 15) is 14.9 Å². The van der Waals surface area contributed by atoms with E-state index in [4.69, 9.17) is 14.3 Å². The van der Waals surface area contributed by atoms with Gasteiger partial charge < -0.3 is 14.3 Å². The van der Waals surface area contributed by atoms with Crippen molar-refractivity contribution in [3.63, 3.8) is 0 Å². The Balaban J connectivity index is 2.36. The second-order valence-electron chi connectivity index (χ2n) is 4.02. The average molecular weight is 289 g/mol. The number of carboxylic acid groups (broad SMARTS) is 1. The molecule has 0 bridgehead atoms. The highest BCUT2D eigenvalue weighted by atomic mass is 16.6. The molecule has 0 spiro atoms. The monoisotopic (exact) mass is 289 g/mol. The first kappa shape index (κ1) is 14.3. The molecule has 0 unspecified atom stereocenters. The molecule has 0 saturated carbocycles. The van der Waals surface area contributed by atoms with E-state index in [1.54, 1.807) is 18.2 Å². The van der Waals surface area contributed by atoms with E-state index in [-0.39, 0.29) is 11.4 Å². The summed E-state index contributed by atoms with van der Waals surface area (Å²) in [4.78, 5) is 20.8. The Morgan fingerprint density at radius 1 is 1.38 bits per heavy atom. The maximum absolute atomic E-state index is 11.0. The lowest BCUT2D eigenvalue weighted by atomic mass is 10.1. The summed E-state index contributed by atoms with van der Waals surface area (Å²) < 4.78 is 10.3. The molecule has 108 valence electrons. The molecule has 0 aliphatic rings. The summed E-state index contributed by atoms with van der Waals surface area (Å²) in [7, 11) is 1.35. The summed E-state index contributed by atoms with van der Waals surface area (Å²) in [6.07, 6.45) is 2.24. The molecule has 0 fully saturated rings. The van der Waals surface area contributed by atoms with E-state index in [0.29, 0.717) is 17.1 Å². The number of furan rings is 1. The molecule has 0 saturated heterocycles. The summed E-state index contributed by atoms with van der Waals surface area (Å²) in [5.41, 5.74) is 0.325. The fourth-order valence-electron chi connectivity index (χ4n) is 1.74. The molecule has 1 aromatic heterocycles. The van der Waals surface area contributed by atoms with Gasteiger partial charge in [-0.3, -0.25) is 10.1 Å². The van der Waals surface area contributed by atoms with E-state index in [2.05, 4.69) is 0 Å². The Bertz CT molecular complexity index is 716. The lowest BCUT2D eigenvalue weighted by Gasteiger charge is -2.03. The second kappa shape index (κ2) is 5.91. The van der Waals surface area contributed by atoms with Crippen LogP contribution in [0, 0.1) is 10.1 Å². The summed E-state index contributed by atoms with van der Waals surface area (Å²) in [5.74, 6) is -0.203. The van der Waals surface area contributed by atoms with Crippen LogP contribution in [0.1, 0.15) is 5.76 Å². The first-order valence-electron chi connectivity index (χ1n) is 5.85. The zero-order chi connectivity index (χ0) is 15.4. The minimum atomic E-state index is -1.09. The van der Waals surface area contributed by atoms with Crippen molar-refractivity contribution in [2.24, 2.45) is 0 Å². The standard InChI is InChI=1S/C14H11NO6/c1-20-13-5-2-9(8-11(13)15(18)19)12-6-3-10(21-12)4-7-14(16)17/h2-8H,1H3,(H,16,17)/b7-4-. The Kier molecular flexibility index (Phi) is 4.03. The Hall–Kier alpha value is -3.09. The van der Waals surface area contributed by atoms with Crippen LogP contribution < -0.4 is 4.74 Å². The fourth-order valence-corrected chi connectivity index (χ4v) is 1.74. The Morgan fingerprint density at radius 2 is 2.14 bits per heavy atom. The average Bonchev–Trinajstić information content (AvgIpc) is 2.93. The molecule has 0 atom stereocenters. The van der Waals surface area contributed by atoms with Crippen LogP contribution >= 0.6 is 0 Å². The molecule has 0 aliphatic heterocycles. The van der Waals surface area contributed by atoms with Crippen LogP contribution in [0.5, 0.6) is 5.75 Å². The molecule has 7 heteroatoms. The van der Waals surface area contributed by atoms with Crippen LogP contribution in [0.3, 0.4) is 0 Å². The summed E-state index contributed by atoms with van der Waals surface area (Å²) in [5, 5.41) is 19.5. The Morgan fingerprint density at radius 3 is 2.76 bits per heavy atom. The molecule has 0 radical (unpaired) electrons. The third-order valence-corrected chi connectivity index (χ3v) is 2.68. The number of nitrogens with zero attached hydrogens (tertiary/aromatic N) is 1. The molecular formula is C14H11NO6. The molecule has 2 rings (SSSR count). The number of nitro groups is 1. The van der Waals surface area contributed by atoms with Crippen molar-refractivity contribution in [1.29, 1.82) is 0 Å². The largest absolute Gasteiger partial charge is 0.490 e. The second-order valence-corrected chi connectivity index (χ2v) is 4.02. The van der Waals surface area contributed by atoms with Gasteiger partial charge in [0, 0.05) is 17.7 Å². The third kappa shape index (κ3) is 3.27. The van der Waals surface area contributed by atoms with Crippen molar-refractivity contribution < 1.29 is 24.0 Å². The summed E-state index contributed by atoms with van der Waals surface area (Å²) in [6.45, 7) is 0. The first-order valence-corrected chi connectivity index (χ1v) is 5.85. The number of methoxy groups -OCH3 is 1. The highest BCUT2D eigenvalue weighted by molar-refractivity contribution is 5.84. The molecule has 1 N–H and O–H groups in total. The fraction of sp³-hybridized carbons (Fsp3) is 0.0714. The summed E-state index contributed by atoms with van der Waals surface area (Å²) in [6, 6.07) is 7.61. The third-order valence-electron chi connectivity index (χ3n) is 2.68. The van der Waals surface area contributed by atoms with Gasteiger partial charge in [0.25, 0.3) is 0 Å². The number of benzene rings is 1. The lowest BCUT2D eigenvalue weighted by molar-refractivity contribution is -0.385. The van der Waals surface area contributed by atoms with Crippen LogP contribution in [0.25, 0.3) is 17.4 Å². The van der Waals surface area contributed by atoms with Gasteiger partial charge in [-0.05, 0) is 30.3 Å². The minimum absolute atomic E-state index is 0.154. The van der Waals surface area contributed by atoms with Gasteiger partial charge in [-0.15, -0.1) is 0 Å². The molecule has 0 amide bonds. The molecule has 2 aromatic rings. The van der Waals surface area contributed by atoms with Gasteiger partial charge >= 0.3 is 11.7 Å². The van der Waals surface area contributed by atoms with E-state index in [0.717, 1.165) is 6.08 Å². The highest BCUT2D eigenvalue weighted by Crippen LogP contribution is 2.32. The van der Waals surface area contributed by atoms with Crippen molar-refractivity contribution in [2.45, 2.75) is 0 Å². The van der Waals surface area contributed by atoms with Gasteiger partial charge in [-0.2, -0.15) is 0 Å². The number of rotatable bonds is 5. The van der Waals surface area contributed by atoms with Gasteiger partial charge in [0.1, 0.15) is 11.5 Å². The van der Waals surface area contributed by atoms with Crippen molar-refractivity contribution in [3.8, 4) is 17.1 Å². The molecule has 1 heterocycles. The van der Waals surface area contributed by atoms with Gasteiger partial charge in [0.2, 0.25) is 0 Å². The number of aliphatic carboxylic acids is 1. The topological polar surface area (TPSA) is 103 Å². The van der Waals surface area contributed by atoms with E-state index in [1.807, 2.05) is 0 Å². The maximum atomic E-state index is 11.0. The van der Waals surface area contributed by atoms with Crippen LogP contribution in [0.4, 0.5) is 5.69 Å². The normalized spacial score (nSPS) is 10.7.